The zero-order valence-corrected chi connectivity index (χ0v) is 13.9. The van der Waals surface area contributed by atoms with E-state index in [-0.39, 0.29) is 18.1 Å². The second-order valence-corrected chi connectivity index (χ2v) is 6.41. The van der Waals surface area contributed by atoms with Crippen LogP contribution in [0, 0.1) is 5.92 Å². The van der Waals surface area contributed by atoms with Gasteiger partial charge in [0.2, 0.25) is 5.91 Å². The first-order chi connectivity index (χ1) is 10.1. The quantitative estimate of drug-likeness (QED) is 0.862. The molecule has 3 nitrogen and oxygen atoms in total. The molecule has 0 aliphatic carbocycles. The number of carbonyl (C=O) groups excluding carboxylic acids is 1. The third kappa shape index (κ3) is 3.78. The van der Waals surface area contributed by atoms with Crippen LogP contribution in [-0.4, -0.2) is 23.4 Å². The highest BCUT2D eigenvalue weighted by Crippen LogP contribution is 2.29. The van der Waals surface area contributed by atoms with Crippen molar-refractivity contribution in [3.63, 3.8) is 0 Å². The Bertz CT molecular complexity index is 491. The van der Waals surface area contributed by atoms with Crippen molar-refractivity contribution in [3.05, 3.63) is 34.9 Å². The van der Waals surface area contributed by atoms with Crippen molar-refractivity contribution >= 4 is 17.5 Å². The predicted molar refractivity (Wildman–Crippen MR) is 87.2 cm³/mol. The summed E-state index contributed by atoms with van der Waals surface area (Å²) in [6.07, 6.45) is 2.90. The van der Waals surface area contributed by atoms with Gasteiger partial charge in [-0.25, -0.2) is 0 Å². The van der Waals surface area contributed by atoms with Crippen molar-refractivity contribution < 1.29 is 4.79 Å². The number of amides is 1. The fourth-order valence-electron chi connectivity index (χ4n) is 2.79. The summed E-state index contributed by atoms with van der Waals surface area (Å²) in [5.41, 5.74) is 1.07. The largest absolute Gasteiger partial charge is 0.321 e. The standard InChI is InChI=1S/C17H25ClN2O/c1-4-7-15-17(21)20(11-12(3)5-2)16(19-15)13-8-6-9-14(18)10-13/h6,8-10,12,15-16,19H,4-5,7,11H2,1-3H3. The molecule has 116 valence electrons. The zero-order chi connectivity index (χ0) is 15.4. The van der Waals surface area contributed by atoms with E-state index in [1.165, 1.54) is 0 Å². The highest BCUT2D eigenvalue weighted by Gasteiger charge is 2.39. The maximum absolute atomic E-state index is 12.6. The molecule has 1 amide bonds. The summed E-state index contributed by atoms with van der Waals surface area (Å²) in [5, 5.41) is 4.19. The minimum atomic E-state index is -0.0666. The highest BCUT2D eigenvalue weighted by molar-refractivity contribution is 6.30. The van der Waals surface area contributed by atoms with Crippen LogP contribution in [0.15, 0.2) is 24.3 Å². The SMILES string of the molecule is CCCC1NC(c2cccc(Cl)c2)N(CC(C)CC)C1=O. The number of carbonyl (C=O) groups is 1. The second kappa shape index (κ2) is 7.28. The van der Waals surface area contributed by atoms with Crippen LogP contribution in [0.2, 0.25) is 5.02 Å². The monoisotopic (exact) mass is 308 g/mol. The normalized spacial score (nSPS) is 23.6. The molecule has 1 aromatic rings. The average molecular weight is 309 g/mol. The van der Waals surface area contributed by atoms with Crippen LogP contribution >= 0.6 is 11.6 Å². The average Bonchev–Trinajstić information content (AvgIpc) is 2.77. The Morgan fingerprint density at radius 2 is 2.14 bits per heavy atom. The van der Waals surface area contributed by atoms with Crippen molar-refractivity contribution in [2.75, 3.05) is 6.54 Å². The van der Waals surface area contributed by atoms with E-state index in [4.69, 9.17) is 11.6 Å². The number of nitrogens with zero attached hydrogens (tertiary/aromatic N) is 1. The van der Waals surface area contributed by atoms with Crippen LogP contribution in [0.3, 0.4) is 0 Å². The van der Waals surface area contributed by atoms with Crippen molar-refractivity contribution in [2.45, 2.75) is 52.2 Å². The molecule has 0 aromatic heterocycles. The summed E-state index contributed by atoms with van der Waals surface area (Å²) >= 11 is 6.11. The summed E-state index contributed by atoms with van der Waals surface area (Å²) in [5.74, 6) is 0.722. The van der Waals surface area contributed by atoms with Crippen LogP contribution < -0.4 is 5.32 Å². The molecule has 1 heterocycles. The predicted octanol–water partition coefficient (Wildman–Crippen LogP) is 3.99. The van der Waals surface area contributed by atoms with E-state index in [0.29, 0.717) is 10.9 Å². The first kappa shape index (κ1) is 16.3. The van der Waals surface area contributed by atoms with Gasteiger partial charge in [-0.2, -0.15) is 0 Å². The van der Waals surface area contributed by atoms with Crippen LogP contribution in [0.1, 0.15) is 51.8 Å². The molecule has 1 fully saturated rings. The zero-order valence-electron chi connectivity index (χ0n) is 13.1. The Morgan fingerprint density at radius 3 is 2.76 bits per heavy atom. The van der Waals surface area contributed by atoms with E-state index >= 15 is 0 Å². The number of hydrogen-bond acceptors (Lipinski definition) is 2. The summed E-state index contributed by atoms with van der Waals surface area (Å²) in [6, 6.07) is 7.73. The van der Waals surface area contributed by atoms with E-state index < -0.39 is 0 Å². The molecule has 1 aliphatic rings. The molecule has 1 aromatic carbocycles. The Hall–Kier alpha value is -1.06. The fourth-order valence-corrected chi connectivity index (χ4v) is 2.99. The van der Waals surface area contributed by atoms with Crippen LogP contribution in [0.4, 0.5) is 0 Å². The van der Waals surface area contributed by atoms with Gasteiger partial charge in [-0.05, 0) is 30.0 Å². The molecular formula is C17H25ClN2O. The maximum Gasteiger partial charge on any atom is 0.241 e. The third-order valence-corrected chi connectivity index (χ3v) is 4.43. The summed E-state index contributed by atoms with van der Waals surface area (Å²) in [4.78, 5) is 14.6. The lowest BCUT2D eigenvalue weighted by atomic mass is 10.1. The van der Waals surface area contributed by atoms with Gasteiger partial charge in [-0.15, -0.1) is 0 Å². The van der Waals surface area contributed by atoms with E-state index in [1.54, 1.807) is 0 Å². The molecule has 3 unspecified atom stereocenters. The van der Waals surface area contributed by atoms with Gasteiger partial charge < -0.3 is 4.90 Å². The van der Waals surface area contributed by atoms with E-state index in [2.05, 4.69) is 26.1 Å². The van der Waals surface area contributed by atoms with Crippen molar-refractivity contribution in [3.8, 4) is 0 Å². The molecule has 1 N–H and O–H groups in total. The van der Waals surface area contributed by atoms with Crippen molar-refractivity contribution in [1.82, 2.24) is 10.2 Å². The van der Waals surface area contributed by atoms with E-state index in [1.807, 2.05) is 29.2 Å². The van der Waals surface area contributed by atoms with Gasteiger partial charge in [-0.3, -0.25) is 10.1 Å². The van der Waals surface area contributed by atoms with Gasteiger partial charge in [-0.1, -0.05) is 57.3 Å². The van der Waals surface area contributed by atoms with Gasteiger partial charge in [0.25, 0.3) is 0 Å². The molecule has 21 heavy (non-hydrogen) atoms. The Labute approximate surface area is 132 Å². The third-order valence-electron chi connectivity index (χ3n) is 4.20. The number of rotatable bonds is 6. The first-order valence-corrected chi connectivity index (χ1v) is 8.26. The van der Waals surface area contributed by atoms with Gasteiger partial charge >= 0.3 is 0 Å². The Balaban J connectivity index is 2.25. The lowest BCUT2D eigenvalue weighted by Gasteiger charge is -2.27. The molecule has 0 bridgehead atoms. The minimum Gasteiger partial charge on any atom is -0.321 e. The van der Waals surface area contributed by atoms with Gasteiger partial charge in [0.15, 0.2) is 0 Å². The maximum atomic E-state index is 12.6. The summed E-state index contributed by atoms with van der Waals surface area (Å²) < 4.78 is 0. The van der Waals surface area contributed by atoms with Crippen molar-refractivity contribution in [2.24, 2.45) is 5.92 Å². The lowest BCUT2D eigenvalue weighted by Crippen LogP contribution is -2.34. The van der Waals surface area contributed by atoms with E-state index in [9.17, 15) is 4.79 Å². The Morgan fingerprint density at radius 1 is 1.38 bits per heavy atom. The van der Waals surface area contributed by atoms with Crippen LogP contribution in [-0.2, 0) is 4.79 Å². The first-order valence-electron chi connectivity index (χ1n) is 7.88. The molecule has 0 saturated carbocycles. The molecule has 4 heteroatoms. The number of nitrogens with one attached hydrogen (secondary N) is 1. The van der Waals surface area contributed by atoms with Gasteiger partial charge in [0, 0.05) is 11.6 Å². The smallest absolute Gasteiger partial charge is 0.241 e. The molecule has 1 aliphatic heterocycles. The molecule has 0 spiro atoms. The van der Waals surface area contributed by atoms with Crippen LogP contribution in [0.5, 0.6) is 0 Å². The summed E-state index contributed by atoms with van der Waals surface area (Å²) in [6.45, 7) is 7.26. The summed E-state index contributed by atoms with van der Waals surface area (Å²) in [7, 11) is 0. The molecule has 1 saturated heterocycles. The topological polar surface area (TPSA) is 32.3 Å². The Kier molecular flexibility index (Phi) is 5.65. The number of benzene rings is 1. The number of halogens is 1. The fraction of sp³-hybridized carbons (Fsp3) is 0.588. The van der Waals surface area contributed by atoms with Crippen molar-refractivity contribution in [1.29, 1.82) is 0 Å². The van der Waals surface area contributed by atoms with Gasteiger partial charge in [0.1, 0.15) is 6.17 Å². The second-order valence-electron chi connectivity index (χ2n) is 5.97. The highest BCUT2D eigenvalue weighted by atomic mass is 35.5. The molecule has 2 rings (SSSR count). The molecule has 0 radical (unpaired) electrons. The van der Waals surface area contributed by atoms with Crippen LogP contribution in [0.25, 0.3) is 0 Å². The number of hydrogen-bond donors (Lipinski definition) is 1. The minimum absolute atomic E-state index is 0.0539. The molecule has 3 atom stereocenters. The van der Waals surface area contributed by atoms with Gasteiger partial charge in [0.05, 0.1) is 6.04 Å². The van der Waals surface area contributed by atoms with E-state index in [0.717, 1.165) is 31.4 Å². The lowest BCUT2D eigenvalue weighted by molar-refractivity contribution is -0.130. The molecular weight excluding hydrogens is 284 g/mol.